The zero-order valence-corrected chi connectivity index (χ0v) is 10.7. The summed E-state index contributed by atoms with van der Waals surface area (Å²) in [4.78, 5) is 5.10. The summed E-state index contributed by atoms with van der Waals surface area (Å²) in [7, 11) is -2.84. The molecule has 86 valence electrons. The second-order valence-corrected chi connectivity index (χ2v) is 7.44. The number of aromatic nitrogens is 1. The van der Waals surface area contributed by atoms with Gasteiger partial charge in [-0.3, -0.25) is 5.43 Å². The Balaban J connectivity index is 2.26. The molecule has 0 aliphatic heterocycles. The number of hydrogen-bond donors (Lipinski definition) is 2. The van der Waals surface area contributed by atoms with Gasteiger partial charge in [0, 0.05) is 28.8 Å². The van der Waals surface area contributed by atoms with E-state index >= 15 is 0 Å². The van der Waals surface area contributed by atoms with Gasteiger partial charge in [-0.15, -0.1) is 11.3 Å². The van der Waals surface area contributed by atoms with E-state index in [1.165, 1.54) is 17.6 Å². The number of nitrogens with zero attached hydrogens (tertiary/aromatic N) is 1. The van der Waals surface area contributed by atoms with Crippen molar-refractivity contribution >= 4 is 38.1 Å². The third-order valence-corrected chi connectivity index (χ3v) is 4.84. The van der Waals surface area contributed by atoms with E-state index in [9.17, 15) is 8.42 Å². The second kappa shape index (κ2) is 5.69. The minimum Gasteiger partial charge on any atom is -0.300 e. The van der Waals surface area contributed by atoms with Crippen LogP contribution >= 0.6 is 23.1 Å². The lowest BCUT2D eigenvalue weighted by molar-refractivity contribution is 0.603. The highest BCUT2D eigenvalue weighted by Crippen LogP contribution is 2.21. The summed E-state index contributed by atoms with van der Waals surface area (Å²) in [5.41, 5.74) is 2.46. The van der Waals surface area contributed by atoms with Gasteiger partial charge in [-0.1, -0.05) is 0 Å². The molecule has 15 heavy (non-hydrogen) atoms. The Labute approximate surface area is 97.4 Å². The number of thiazole rings is 1. The lowest BCUT2D eigenvalue weighted by Gasteiger charge is -1.97. The Morgan fingerprint density at radius 1 is 1.67 bits per heavy atom. The van der Waals surface area contributed by atoms with Gasteiger partial charge < -0.3 is 0 Å². The van der Waals surface area contributed by atoms with Crippen LogP contribution in [0.15, 0.2) is 6.20 Å². The summed E-state index contributed by atoms with van der Waals surface area (Å²) >= 11 is 3.05. The molecular formula is C7H13N3O2S3. The van der Waals surface area contributed by atoms with Gasteiger partial charge in [0.25, 0.3) is 0 Å². The van der Waals surface area contributed by atoms with E-state index in [1.807, 2.05) is 0 Å². The zero-order valence-electron chi connectivity index (χ0n) is 8.26. The number of nitrogens with one attached hydrogen (secondary N) is 1. The average Bonchev–Trinajstić information content (AvgIpc) is 2.59. The van der Waals surface area contributed by atoms with Gasteiger partial charge in [-0.25, -0.2) is 19.2 Å². The molecule has 0 aliphatic carbocycles. The summed E-state index contributed by atoms with van der Waals surface area (Å²) < 4.78 is 21.7. The van der Waals surface area contributed by atoms with Gasteiger partial charge in [0.1, 0.15) is 9.84 Å². The number of sulfone groups is 1. The quantitative estimate of drug-likeness (QED) is 0.448. The van der Waals surface area contributed by atoms with Crippen LogP contribution in [0.3, 0.4) is 0 Å². The highest BCUT2D eigenvalue weighted by atomic mass is 32.2. The van der Waals surface area contributed by atoms with Crippen molar-refractivity contribution in [2.75, 3.05) is 23.2 Å². The van der Waals surface area contributed by atoms with Crippen molar-refractivity contribution in [3.05, 3.63) is 11.1 Å². The van der Waals surface area contributed by atoms with E-state index in [-0.39, 0.29) is 5.75 Å². The first kappa shape index (κ1) is 12.8. The molecule has 0 saturated heterocycles. The number of rotatable bonds is 6. The Morgan fingerprint density at radius 3 is 2.93 bits per heavy atom. The van der Waals surface area contributed by atoms with Gasteiger partial charge in [-0.2, -0.15) is 11.8 Å². The predicted molar refractivity (Wildman–Crippen MR) is 65.8 cm³/mol. The van der Waals surface area contributed by atoms with Gasteiger partial charge >= 0.3 is 0 Å². The third kappa shape index (κ3) is 5.36. The number of anilines is 1. The molecule has 0 aromatic carbocycles. The summed E-state index contributed by atoms with van der Waals surface area (Å²) in [6.07, 6.45) is 2.99. The molecule has 0 amide bonds. The topological polar surface area (TPSA) is 85.1 Å². The lowest BCUT2D eigenvalue weighted by atomic mass is 10.6. The molecule has 0 saturated carbocycles. The molecule has 0 fully saturated rings. The minimum atomic E-state index is -2.84. The molecule has 0 radical (unpaired) electrons. The maximum Gasteiger partial charge on any atom is 0.197 e. The summed E-state index contributed by atoms with van der Waals surface area (Å²) in [5.74, 6) is 6.79. The molecule has 1 rings (SSSR count). The summed E-state index contributed by atoms with van der Waals surface area (Å²) in [5, 5.41) is 0.675. The van der Waals surface area contributed by atoms with Crippen LogP contribution in [0.2, 0.25) is 0 Å². The average molecular weight is 267 g/mol. The first-order valence-electron chi connectivity index (χ1n) is 4.18. The fourth-order valence-electron chi connectivity index (χ4n) is 0.824. The minimum absolute atomic E-state index is 0.221. The molecule has 0 spiro atoms. The van der Waals surface area contributed by atoms with Crippen LogP contribution in [0.25, 0.3) is 0 Å². The molecule has 5 nitrogen and oxygen atoms in total. The van der Waals surface area contributed by atoms with Crippen molar-refractivity contribution in [2.45, 2.75) is 5.75 Å². The summed E-state index contributed by atoms with van der Waals surface area (Å²) in [6, 6.07) is 0. The van der Waals surface area contributed by atoms with E-state index in [4.69, 9.17) is 5.84 Å². The van der Waals surface area contributed by atoms with Crippen molar-refractivity contribution in [1.29, 1.82) is 0 Å². The van der Waals surface area contributed by atoms with E-state index < -0.39 is 9.84 Å². The highest BCUT2D eigenvalue weighted by molar-refractivity contribution is 8.00. The van der Waals surface area contributed by atoms with Crippen LogP contribution in [0.4, 0.5) is 5.13 Å². The molecule has 8 heteroatoms. The van der Waals surface area contributed by atoms with Crippen LogP contribution in [-0.4, -0.2) is 31.2 Å². The van der Waals surface area contributed by atoms with Crippen LogP contribution < -0.4 is 11.3 Å². The highest BCUT2D eigenvalue weighted by Gasteiger charge is 2.03. The summed E-state index contributed by atoms with van der Waals surface area (Å²) in [6.45, 7) is 0. The molecule has 0 bridgehead atoms. The number of nitrogen functional groups attached to an aromatic ring is 1. The molecule has 1 heterocycles. The molecule has 0 unspecified atom stereocenters. The fraction of sp³-hybridized carbons (Fsp3) is 0.571. The largest absolute Gasteiger partial charge is 0.300 e. The van der Waals surface area contributed by atoms with Crippen LogP contribution in [0.1, 0.15) is 4.88 Å². The molecule has 0 atom stereocenters. The van der Waals surface area contributed by atoms with Crippen molar-refractivity contribution in [1.82, 2.24) is 4.98 Å². The van der Waals surface area contributed by atoms with Gasteiger partial charge in [-0.05, 0) is 0 Å². The lowest BCUT2D eigenvalue weighted by Crippen LogP contribution is -2.05. The Kier molecular flexibility index (Phi) is 4.84. The van der Waals surface area contributed by atoms with Crippen LogP contribution in [-0.2, 0) is 15.6 Å². The second-order valence-electron chi connectivity index (χ2n) is 2.96. The molecule has 1 aromatic heterocycles. The zero-order chi connectivity index (χ0) is 11.3. The molecule has 0 aliphatic rings. The number of thioether (sulfide) groups is 1. The van der Waals surface area contributed by atoms with E-state index in [2.05, 4.69) is 10.4 Å². The molecule has 3 N–H and O–H groups in total. The smallest absolute Gasteiger partial charge is 0.197 e. The standard InChI is InChI=1S/C7H13N3O2S3/c1-15(11,12)3-2-13-5-6-4-9-7(10-8)14-6/h4H,2-3,5,8H2,1H3,(H,9,10). The number of nitrogens with two attached hydrogens (primary N) is 1. The Morgan fingerprint density at radius 2 is 2.40 bits per heavy atom. The Bertz CT molecular complexity index is 401. The van der Waals surface area contributed by atoms with E-state index in [0.717, 1.165) is 10.6 Å². The maximum absolute atomic E-state index is 10.8. The number of hydrazine groups is 1. The van der Waals surface area contributed by atoms with Gasteiger partial charge in [0.15, 0.2) is 5.13 Å². The van der Waals surface area contributed by atoms with Crippen molar-refractivity contribution in [2.24, 2.45) is 5.84 Å². The van der Waals surface area contributed by atoms with Crippen molar-refractivity contribution < 1.29 is 8.42 Å². The fourth-order valence-corrected chi connectivity index (χ4v) is 3.93. The SMILES string of the molecule is CS(=O)(=O)CCSCc1cnc(NN)s1. The predicted octanol–water partition coefficient (Wildman–Crippen LogP) is 0.706. The first-order chi connectivity index (χ1) is 7.01. The number of hydrogen-bond acceptors (Lipinski definition) is 7. The monoisotopic (exact) mass is 267 g/mol. The van der Waals surface area contributed by atoms with Crippen LogP contribution in [0.5, 0.6) is 0 Å². The maximum atomic E-state index is 10.8. The van der Waals surface area contributed by atoms with Gasteiger partial charge in [0.2, 0.25) is 0 Å². The van der Waals surface area contributed by atoms with Crippen molar-refractivity contribution in [3.8, 4) is 0 Å². The first-order valence-corrected chi connectivity index (χ1v) is 8.21. The Hall–Kier alpha value is -0.310. The van der Waals surface area contributed by atoms with Gasteiger partial charge in [0.05, 0.1) is 5.75 Å². The third-order valence-electron chi connectivity index (χ3n) is 1.52. The van der Waals surface area contributed by atoms with Crippen LogP contribution in [0, 0.1) is 0 Å². The van der Waals surface area contributed by atoms with E-state index in [0.29, 0.717) is 10.9 Å². The van der Waals surface area contributed by atoms with Crippen molar-refractivity contribution in [3.63, 3.8) is 0 Å². The normalized spacial score (nSPS) is 11.6. The van der Waals surface area contributed by atoms with E-state index in [1.54, 1.807) is 18.0 Å². The molecular weight excluding hydrogens is 254 g/mol. The molecule has 1 aromatic rings.